The summed E-state index contributed by atoms with van der Waals surface area (Å²) in [4.78, 5) is 4.96. The summed E-state index contributed by atoms with van der Waals surface area (Å²) in [7, 11) is 0. The standard InChI is InChI=1S/C54H48N2/c1-53(2)48-35-42(55(38-22-12-6-13-23-38)39-24-14-7-15-25-39)30-31-44(48)45-32-33-46-50-47(37-20-10-5-11-21-37)34-43(36-49(50)54(3,4)52(46)51(45)53)56(40-26-16-8-17-27-40)41-28-18-9-19-29-41/h5-10,12-20,22-24,26-36,39H,11,21,25H2,1-4H3. The van der Waals surface area contributed by atoms with Crippen molar-refractivity contribution in [1.82, 2.24) is 0 Å². The summed E-state index contributed by atoms with van der Waals surface area (Å²) in [5.74, 6) is 0. The van der Waals surface area contributed by atoms with Crippen molar-refractivity contribution >= 4 is 34.0 Å². The second-order valence-electron chi connectivity index (χ2n) is 16.8. The molecule has 56 heavy (non-hydrogen) atoms. The van der Waals surface area contributed by atoms with Gasteiger partial charge in [-0.05, 0) is 136 Å². The smallest absolute Gasteiger partial charge is 0.0559 e. The van der Waals surface area contributed by atoms with Crippen molar-refractivity contribution in [3.05, 3.63) is 204 Å². The maximum Gasteiger partial charge on any atom is 0.0559 e. The van der Waals surface area contributed by atoms with E-state index in [2.05, 4.69) is 213 Å². The first-order chi connectivity index (χ1) is 27.3. The molecule has 2 nitrogen and oxygen atoms in total. The molecule has 0 N–H and O–H groups in total. The lowest BCUT2D eigenvalue weighted by molar-refractivity contribution is 0.601. The highest BCUT2D eigenvalue weighted by atomic mass is 15.2. The molecule has 0 saturated carbocycles. The minimum absolute atomic E-state index is 0.202. The monoisotopic (exact) mass is 724 g/mol. The van der Waals surface area contributed by atoms with Crippen LogP contribution < -0.4 is 9.80 Å². The number of anilines is 5. The van der Waals surface area contributed by atoms with E-state index in [1.54, 1.807) is 0 Å². The van der Waals surface area contributed by atoms with Crippen molar-refractivity contribution in [3.63, 3.8) is 0 Å². The Morgan fingerprint density at radius 1 is 0.500 bits per heavy atom. The van der Waals surface area contributed by atoms with Crippen LogP contribution in [-0.2, 0) is 10.8 Å². The Hall–Kier alpha value is -6.12. The van der Waals surface area contributed by atoms with E-state index in [0.717, 1.165) is 30.6 Å². The average molecular weight is 725 g/mol. The molecule has 4 aliphatic rings. The number of rotatable bonds is 7. The van der Waals surface area contributed by atoms with Crippen LogP contribution in [0.1, 0.15) is 74.8 Å². The van der Waals surface area contributed by atoms with Crippen molar-refractivity contribution < 1.29 is 0 Å². The van der Waals surface area contributed by atoms with Gasteiger partial charge in [0.15, 0.2) is 0 Å². The topological polar surface area (TPSA) is 6.48 Å². The molecule has 1 atom stereocenters. The maximum atomic E-state index is 2.52. The highest BCUT2D eigenvalue weighted by molar-refractivity contribution is 5.98. The molecule has 0 aliphatic heterocycles. The number of hydrogen-bond donors (Lipinski definition) is 0. The van der Waals surface area contributed by atoms with E-state index in [0.29, 0.717) is 0 Å². The summed E-state index contributed by atoms with van der Waals surface area (Å²) in [5, 5.41) is 0. The molecule has 10 rings (SSSR count). The van der Waals surface area contributed by atoms with Crippen LogP contribution in [0.15, 0.2) is 176 Å². The van der Waals surface area contributed by atoms with E-state index in [1.807, 2.05) is 0 Å². The van der Waals surface area contributed by atoms with Gasteiger partial charge >= 0.3 is 0 Å². The minimum atomic E-state index is -0.234. The van der Waals surface area contributed by atoms with Crippen LogP contribution in [0.2, 0.25) is 0 Å². The third-order valence-electron chi connectivity index (χ3n) is 12.7. The van der Waals surface area contributed by atoms with Crippen molar-refractivity contribution in [3.8, 4) is 22.3 Å². The van der Waals surface area contributed by atoms with Crippen LogP contribution in [0.3, 0.4) is 0 Å². The molecule has 0 spiro atoms. The molecule has 0 fully saturated rings. The molecule has 0 aromatic heterocycles. The summed E-state index contributed by atoms with van der Waals surface area (Å²) in [6.07, 6.45) is 19.0. The van der Waals surface area contributed by atoms with Gasteiger partial charge in [-0.15, -0.1) is 0 Å². The zero-order valence-corrected chi connectivity index (χ0v) is 32.8. The molecular weight excluding hydrogens is 677 g/mol. The number of benzene rings is 6. The zero-order chi connectivity index (χ0) is 38.0. The van der Waals surface area contributed by atoms with Gasteiger partial charge in [0.25, 0.3) is 0 Å². The summed E-state index contributed by atoms with van der Waals surface area (Å²) >= 11 is 0. The molecule has 6 aromatic carbocycles. The summed E-state index contributed by atoms with van der Waals surface area (Å²) < 4.78 is 0. The Kier molecular flexibility index (Phi) is 8.15. The van der Waals surface area contributed by atoms with Crippen molar-refractivity contribution in [2.45, 2.75) is 63.8 Å². The second kappa shape index (κ2) is 13.3. The number of hydrogen-bond acceptors (Lipinski definition) is 2. The Morgan fingerprint density at radius 3 is 1.75 bits per heavy atom. The lowest BCUT2D eigenvalue weighted by Gasteiger charge is -2.34. The lowest BCUT2D eigenvalue weighted by Crippen LogP contribution is -2.30. The molecule has 0 radical (unpaired) electrons. The summed E-state index contributed by atoms with van der Waals surface area (Å²) in [6.45, 7) is 9.87. The van der Waals surface area contributed by atoms with E-state index in [1.165, 1.54) is 72.7 Å². The Labute approximate surface area is 332 Å². The SMILES string of the molecule is CC1(C)c2cc(N(c3ccccc3)C3C=CC=CC3)ccc2-c2ccc3c(c21)C(C)(C)c1cc(N(c2ccccc2)c2ccccc2)cc(C2=CC=CCC2)c1-3. The minimum Gasteiger partial charge on any atom is -0.334 e. The molecule has 0 saturated heterocycles. The number of nitrogens with zero attached hydrogens (tertiary/aromatic N) is 2. The van der Waals surface area contributed by atoms with Gasteiger partial charge in [0.1, 0.15) is 0 Å². The van der Waals surface area contributed by atoms with Gasteiger partial charge in [-0.3, -0.25) is 0 Å². The van der Waals surface area contributed by atoms with E-state index in [-0.39, 0.29) is 16.9 Å². The van der Waals surface area contributed by atoms with E-state index >= 15 is 0 Å². The third-order valence-corrected chi connectivity index (χ3v) is 12.7. The average Bonchev–Trinajstić information content (AvgIpc) is 3.61. The molecule has 2 heteroatoms. The molecule has 1 unspecified atom stereocenters. The Balaban J connectivity index is 1.16. The fourth-order valence-electron chi connectivity index (χ4n) is 10.1. The molecule has 6 aromatic rings. The van der Waals surface area contributed by atoms with E-state index < -0.39 is 0 Å². The van der Waals surface area contributed by atoms with Crippen LogP contribution in [0.5, 0.6) is 0 Å². The fourth-order valence-corrected chi connectivity index (χ4v) is 10.1. The number of fused-ring (bicyclic) bond motifs is 7. The largest absolute Gasteiger partial charge is 0.334 e. The van der Waals surface area contributed by atoms with Gasteiger partial charge in [-0.25, -0.2) is 0 Å². The number of para-hydroxylation sites is 3. The molecule has 0 heterocycles. The highest BCUT2D eigenvalue weighted by Crippen LogP contribution is 2.61. The van der Waals surface area contributed by atoms with Crippen molar-refractivity contribution in [2.24, 2.45) is 0 Å². The normalized spacial score (nSPS) is 17.8. The molecule has 0 bridgehead atoms. The van der Waals surface area contributed by atoms with Gasteiger partial charge in [-0.2, -0.15) is 0 Å². The van der Waals surface area contributed by atoms with E-state index in [9.17, 15) is 0 Å². The molecule has 0 amide bonds. The van der Waals surface area contributed by atoms with Gasteiger partial charge in [0, 0.05) is 39.3 Å². The predicted octanol–water partition coefficient (Wildman–Crippen LogP) is 14.5. The molecule has 274 valence electrons. The van der Waals surface area contributed by atoms with Crippen LogP contribution >= 0.6 is 0 Å². The zero-order valence-electron chi connectivity index (χ0n) is 32.8. The van der Waals surface area contributed by atoms with Crippen LogP contribution in [0.25, 0.3) is 27.8 Å². The van der Waals surface area contributed by atoms with Gasteiger partial charge < -0.3 is 9.80 Å². The Bertz CT molecular complexity index is 2560. The van der Waals surface area contributed by atoms with Crippen molar-refractivity contribution in [2.75, 3.05) is 9.80 Å². The van der Waals surface area contributed by atoms with Crippen LogP contribution in [0.4, 0.5) is 28.4 Å². The highest BCUT2D eigenvalue weighted by Gasteiger charge is 2.47. The lowest BCUT2D eigenvalue weighted by atomic mass is 9.72. The van der Waals surface area contributed by atoms with E-state index in [4.69, 9.17) is 0 Å². The van der Waals surface area contributed by atoms with Gasteiger partial charge in [0.05, 0.1) is 6.04 Å². The van der Waals surface area contributed by atoms with Gasteiger partial charge in [0.2, 0.25) is 0 Å². The molecule has 4 aliphatic carbocycles. The number of allylic oxidation sites excluding steroid dienone is 6. The van der Waals surface area contributed by atoms with Gasteiger partial charge in [-0.1, -0.05) is 143 Å². The first-order valence-electron chi connectivity index (χ1n) is 20.3. The summed E-state index contributed by atoms with van der Waals surface area (Å²) in [5.41, 5.74) is 19.6. The first-order valence-corrected chi connectivity index (χ1v) is 20.3. The van der Waals surface area contributed by atoms with Crippen LogP contribution in [-0.4, -0.2) is 6.04 Å². The second-order valence-corrected chi connectivity index (χ2v) is 16.8. The summed E-state index contributed by atoms with van der Waals surface area (Å²) in [6, 6.07) is 49.9. The van der Waals surface area contributed by atoms with Crippen LogP contribution in [0, 0.1) is 0 Å². The fraction of sp³-hybridized carbons (Fsp3) is 0.185. The Morgan fingerprint density at radius 2 is 1.11 bits per heavy atom. The molecular formula is C54H48N2. The third kappa shape index (κ3) is 5.38. The first kappa shape index (κ1) is 34.4. The van der Waals surface area contributed by atoms with Crippen molar-refractivity contribution in [1.29, 1.82) is 0 Å². The quantitative estimate of drug-likeness (QED) is 0.162. The predicted molar refractivity (Wildman–Crippen MR) is 238 cm³/mol. The maximum absolute atomic E-state index is 2.52.